The van der Waals surface area contributed by atoms with E-state index in [9.17, 15) is 4.79 Å². The second-order valence-corrected chi connectivity index (χ2v) is 5.78. The van der Waals surface area contributed by atoms with Crippen LogP contribution in [0.2, 0.25) is 0 Å². The van der Waals surface area contributed by atoms with E-state index >= 15 is 0 Å². The largest absolute Gasteiger partial charge is 0.497 e. The topological polar surface area (TPSA) is 113 Å². The van der Waals surface area contributed by atoms with Crippen molar-refractivity contribution in [2.24, 2.45) is 5.92 Å². The molecule has 1 aliphatic heterocycles. The number of carboxylic acids is 2. The molecule has 26 heavy (non-hydrogen) atoms. The van der Waals surface area contributed by atoms with E-state index in [0.29, 0.717) is 6.61 Å². The minimum absolute atomic E-state index is 0.0296. The SMILES string of the molecule is CCOC(=O)C1CCCN(Cc2ccc(OC)cc2)C1.O=C(O)C(=O)O. The average Bonchev–Trinajstić information content (AvgIpc) is 2.63. The molecule has 1 heterocycles. The number of carbonyl (C=O) groups excluding carboxylic acids is 1. The summed E-state index contributed by atoms with van der Waals surface area (Å²) in [4.78, 5) is 32.3. The summed E-state index contributed by atoms with van der Waals surface area (Å²) in [6.07, 6.45) is 2.00. The number of aliphatic carboxylic acids is 2. The monoisotopic (exact) mass is 367 g/mol. The van der Waals surface area contributed by atoms with Gasteiger partial charge in [0.25, 0.3) is 0 Å². The van der Waals surface area contributed by atoms with Gasteiger partial charge in [-0.1, -0.05) is 12.1 Å². The van der Waals surface area contributed by atoms with Crippen molar-refractivity contribution in [3.63, 3.8) is 0 Å². The molecule has 0 aromatic heterocycles. The molecule has 0 bridgehead atoms. The number of methoxy groups -OCH3 is 1. The van der Waals surface area contributed by atoms with Gasteiger partial charge in [0, 0.05) is 13.1 Å². The molecular weight excluding hydrogens is 342 g/mol. The van der Waals surface area contributed by atoms with E-state index in [1.165, 1.54) is 5.56 Å². The molecule has 8 heteroatoms. The summed E-state index contributed by atoms with van der Waals surface area (Å²) in [7, 11) is 1.67. The van der Waals surface area contributed by atoms with Crippen LogP contribution in [-0.2, 0) is 25.7 Å². The van der Waals surface area contributed by atoms with E-state index in [1.807, 2.05) is 19.1 Å². The van der Waals surface area contributed by atoms with Crippen LogP contribution in [-0.4, -0.2) is 59.8 Å². The molecule has 1 aliphatic rings. The molecule has 1 atom stereocenters. The molecule has 0 saturated carbocycles. The lowest BCUT2D eigenvalue weighted by Gasteiger charge is -2.31. The van der Waals surface area contributed by atoms with Gasteiger partial charge in [0.1, 0.15) is 5.75 Å². The van der Waals surface area contributed by atoms with Gasteiger partial charge in [-0.3, -0.25) is 9.69 Å². The summed E-state index contributed by atoms with van der Waals surface area (Å²) >= 11 is 0. The van der Waals surface area contributed by atoms with Crippen molar-refractivity contribution in [2.75, 3.05) is 26.8 Å². The first-order valence-electron chi connectivity index (χ1n) is 8.35. The summed E-state index contributed by atoms with van der Waals surface area (Å²) in [5.41, 5.74) is 1.25. The highest BCUT2D eigenvalue weighted by Crippen LogP contribution is 2.20. The molecule has 0 spiro atoms. The molecule has 1 aromatic rings. The van der Waals surface area contributed by atoms with Crippen LogP contribution in [0.25, 0.3) is 0 Å². The second-order valence-electron chi connectivity index (χ2n) is 5.78. The number of nitrogens with zero attached hydrogens (tertiary/aromatic N) is 1. The number of carboxylic acid groups (broad SMARTS) is 2. The Morgan fingerprint density at radius 1 is 1.15 bits per heavy atom. The fourth-order valence-corrected chi connectivity index (χ4v) is 2.64. The number of hydrogen-bond acceptors (Lipinski definition) is 6. The Balaban J connectivity index is 0.000000487. The first kappa shape index (κ1) is 21.4. The molecule has 0 amide bonds. The zero-order valence-corrected chi connectivity index (χ0v) is 15.0. The maximum atomic E-state index is 11.8. The number of rotatable bonds is 5. The summed E-state index contributed by atoms with van der Waals surface area (Å²) in [5.74, 6) is -2.80. The van der Waals surface area contributed by atoms with Gasteiger partial charge in [-0.25, -0.2) is 9.59 Å². The Morgan fingerprint density at radius 2 is 1.77 bits per heavy atom. The zero-order valence-electron chi connectivity index (χ0n) is 15.0. The number of esters is 1. The summed E-state index contributed by atoms with van der Waals surface area (Å²) in [6, 6.07) is 8.10. The highest BCUT2D eigenvalue weighted by molar-refractivity contribution is 6.27. The van der Waals surface area contributed by atoms with Crippen molar-refractivity contribution in [1.29, 1.82) is 0 Å². The van der Waals surface area contributed by atoms with Gasteiger partial charge < -0.3 is 19.7 Å². The standard InChI is InChI=1S/C16H23NO3.C2H2O4/c1-3-20-16(18)14-5-4-10-17(12-14)11-13-6-8-15(19-2)9-7-13;3-1(4)2(5)6/h6-9,14H,3-5,10-12H2,1-2H3;(H,3,4)(H,5,6). The number of carbonyl (C=O) groups is 3. The Hall–Kier alpha value is -2.61. The van der Waals surface area contributed by atoms with Gasteiger partial charge in [0.2, 0.25) is 0 Å². The molecule has 1 fully saturated rings. The van der Waals surface area contributed by atoms with Crippen LogP contribution >= 0.6 is 0 Å². The zero-order chi connectivity index (χ0) is 19.5. The van der Waals surface area contributed by atoms with Crippen LogP contribution in [0.1, 0.15) is 25.3 Å². The van der Waals surface area contributed by atoms with Crippen LogP contribution in [0.3, 0.4) is 0 Å². The van der Waals surface area contributed by atoms with Gasteiger partial charge in [-0.15, -0.1) is 0 Å². The molecule has 2 N–H and O–H groups in total. The van der Waals surface area contributed by atoms with E-state index in [0.717, 1.165) is 38.2 Å². The van der Waals surface area contributed by atoms with E-state index in [1.54, 1.807) is 7.11 Å². The average molecular weight is 367 g/mol. The normalized spacial score (nSPS) is 16.8. The molecule has 144 valence electrons. The molecule has 1 aromatic carbocycles. The van der Waals surface area contributed by atoms with Crippen LogP contribution in [0.5, 0.6) is 5.75 Å². The van der Waals surface area contributed by atoms with Gasteiger partial charge >= 0.3 is 17.9 Å². The second kappa shape index (κ2) is 11.1. The lowest BCUT2D eigenvalue weighted by molar-refractivity contribution is -0.159. The van der Waals surface area contributed by atoms with Gasteiger partial charge in [-0.2, -0.15) is 0 Å². The van der Waals surface area contributed by atoms with E-state index in [2.05, 4.69) is 17.0 Å². The van der Waals surface area contributed by atoms with E-state index < -0.39 is 11.9 Å². The van der Waals surface area contributed by atoms with Crippen LogP contribution in [0.4, 0.5) is 0 Å². The number of ether oxygens (including phenoxy) is 2. The Morgan fingerprint density at radius 3 is 2.27 bits per heavy atom. The summed E-state index contributed by atoms with van der Waals surface area (Å²) < 4.78 is 10.3. The van der Waals surface area contributed by atoms with Crippen molar-refractivity contribution in [3.8, 4) is 5.75 Å². The molecule has 8 nitrogen and oxygen atoms in total. The van der Waals surface area contributed by atoms with Crippen molar-refractivity contribution >= 4 is 17.9 Å². The highest BCUT2D eigenvalue weighted by atomic mass is 16.5. The van der Waals surface area contributed by atoms with Crippen LogP contribution in [0, 0.1) is 5.92 Å². The van der Waals surface area contributed by atoms with Crippen LogP contribution in [0.15, 0.2) is 24.3 Å². The molecule has 2 rings (SSSR count). The maximum absolute atomic E-state index is 11.8. The lowest BCUT2D eigenvalue weighted by Crippen LogP contribution is -2.38. The van der Waals surface area contributed by atoms with Gasteiger partial charge in [0.15, 0.2) is 0 Å². The third kappa shape index (κ3) is 7.52. The first-order valence-corrected chi connectivity index (χ1v) is 8.35. The highest BCUT2D eigenvalue weighted by Gasteiger charge is 2.26. The van der Waals surface area contributed by atoms with Crippen LogP contribution < -0.4 is 4.74 Å². The van der Waals surface area contributed by atoms with E-state index in [-0.39, 0.29) is 11.9 Å². The molecule has 1 saturated heterocycles. The number of likely N-dealkylation sites (tertiary alicyclic amines) is 1. The minimum atomic E-state index is -1.82. The third-order valence-electron chi connectivity index (χ3n) is 3.87. The smallest absolute Gasteiger partial charge is 0.414 e. The Bertz CT molecular complexity index is 588. The predicted molar refractivity (Wildman–Crippen MR) is 92.9 cm³/mol. The molecule has 0 aliphatic carbocycles. The fraction of sp³-hybridized carbons (Fsp3) is 0.500. The number of benzene rings is 1. The van der Waals surface area contributed by atoms with Crippen molar-refractivity contribution in [3.05, 3.63) is 29.8 Å². The first-order chi connectivity index (χ1) is 12.4. The predicted octanol–water partition coefficient (Wildman–Crippen LogP) is 1.63. The number of piperidine rings is 1. The maximum Gasteiger partial charge on any atom is 0.414 e. The van der Waals surface area contributed by atoms with Gasteiger partial charge in [0.05, 0.1) is 19.6 Å². The van der Waals surface area contributed by atoms with Crippen molar-refractivity contribution < 1.29 is 34.1 Å². The molecular formula is C18H25NO7. The van der Waals surface area contributed by atoms with Gasteiger partial charge in [-0.05, 0) is 44.0 Å². The fourth-order valence-electron chi connectivity index (χ4n) is 2.64. The summed E-state index contributed by atoms with van der Waals surface area (Å²) in [5, 5.41) is 14.8. The molecule has 0 radical (unpaired) electrons. The molecule has 1 unspecified atom stereocenters. The Labute approximate surface area is 152 Å². The van der Waals surface area contributed by atoms with Crippen molar-refractivity contribution in [2.45, 2.75) is 26.3 Å². The minimum Gasteiger partial charge on any atom is -0.497 e. The lowest BCUT2D eigenvalue weighted by atomic mass is 9.98. The quantitative estimate of drug-likeness (QED) is 0.596. The van der Waals surface area contributed by atoms with E-state index in [4.69, 9.17) is 29.3 Å². The number of hydrogen-bond donors (Lipinski definition) is 2. The summed E-state index contributed by atoms with van der Waals surface area (Å²) in [6.45, 7) is 5.04. The van der Waals surface area contributed by atoms with Crippen molar-refractivity contribution in [1.82, 2.24) is 4.90 Å². The third-order valence-corrected chi connectivity index (χ3v) is 3.87. The Kier molecular flexibility index (Phi) is 9.14.